The van der Waals surface area contributed by atoms with Gasteiger partial charge < -0.3 is 29.9 Å². The van der Waals surface area contributed by atoms with Crippen LogP contribution in [0.25, 0.3) is 0 Å². The number of hydrogen-bond acceptors (Lipinski definition) is 4. The summed E-state index contributed by atoms with van der Waals surface area (Å²) in [6, 6.07) is 0.437. The Labute approximate surface area is 142 Å². The van der Waals surface area contributed by atoms with Crippen LogP contribution in [0.4, 0.5) is 9.59 Å². The van der Waals surface area contributed by atoms with Gasteiger partial charge in [0, 0.05) is 38.3 Å². The lowest BCUT2D eigenvalue weighted by atomic mass is 9.91. The third-order valence-corrected chi connectivity index (χ3v) is 4.98. The molecule has 0 atom stereocenters. The smallest absolute Gasteiger partial charge is 0.317 e. The van der Waals surface area contributed by atoms with E-state index in [1.54, 1.807) is 0 Å². The summed E-state index contributed by atoms with van der Waals surface area (Å²) in [4.78, 5) is 28.0. The molecule has 0 aromatic heterocycles. The monoisotopic (exact) mass is 340 g/mol. The van der Waals surface area contributed by atoms with Gasteiger partial charge in [0.2, 0.25) is 0 Å². The first-order valence-electron chi connectivity index (χ1n) is 8.99. The highest BCUT2D eigenvalue weighted by Crippen LogP contribution is 2.19. The molecule has 8 heteroatoms. The molecule has 0 aromatic rings. The maximum atomic E-state index is 12.2. The average Bonchev–Trinajstić information content (AvgIpc) is 2.65. The molecule has 0 spiro atoms. The van der Waals surface area contributed by atoms with Gasteiger partial charge in [-0.1, -0.05) is 0 Å². The number of rotatable bonds is 2. The van der Waals surface area contributed by atoms with Crippen LogP contribution in [0.15, 0.2) is 0 Å². The minimum absolute atomic E-state index is 0.0131. The normalized spacial score (nSPS) is 28.3. The fourth-order valence-electron chi connectivity index (χ4n) is 3.45. The molecule has 2 aliphatic heterocycles. The molecule has 2 heterocycles. The van der Waals surface area contributed by atoms with Gasteiger partial charge in [0.1, 0.15) is 0 Å². The number of ether oxygens (including phenoxy) is 2. The van der Waals surface area contributed by atoms with E-state index in [2.05, 4.69) is 10.6 Å². The van der Waals surface area contributed by atoms with E-state index in [4.69, 9.17) is 9.47 Å². The van der Waals surface area contributed by atoms with E-state index in [1.807, 2.05) is 9.80 Å². The number of nitrogens with zero attached hydrogens (tertiary/aromatic N) is 2. The van der Waals surface area contributed by atoms with Crippen LogP contribution in [0, 0.1) is 0 Å². The minimum atomic E-state index is 0.0131. The SMILES string of the molecule is O=C(NC1CCC(NC(=O)N2CCOCC2)CC1)N1CCOCC1. The van der Waals surface area contributed by atoms with Crippen LogP contribution in [0.3, 0.4) is 0 Å². The quantitative estimate of drug-likeness (QED) is 0.761. The van der Waals surface area contributed by atoms with Crippen molar-refractivity contribution in [3.05, 3.63) is 0 Å². The lowest BCUT2D eigenvalue weighted by molar-refractivity contribution is 0.0510. The van der Waals surface area contributed by atoms with Gasteiger partial charge in [-0.15, -0.1) is 0 Å². The van der Waals surface area contributed by atoms with Crippen LogP contribution in [0.2, 0.25) is 0 Å². The van der Waals surface area contributed by atoms with Crippen molar-refractivity contribution in [2.24, 2.45) is 0 Å². The van der Waals surface area contributed by atoms with Gasteiger partial charge in [0.25, 0.3) is 0 Å². The standard InChI is InChI=1S/C16H28N4O4/c21-15(19-5-9-23-10-6-19)17-13-1-2-14(4-3-13)18-16(22)20-7-11-24-12-8-20/h13-14H,1-12H2,(H,17,21)(H,18,22). The second-order valence-corrected chi connectivity index (χ2v) is 6.65. The van der Waals surface area contributed by atoms with Gasteiger partial charge in [-0.2, -0.15) is 0 Å². The van der Waals surface area contributed by atoms with Crippen LogP contribution in [0.1, 0.15) is 25.7 Å². The van der Waals surface area contributed by atoms with Crippen LogP contribution >= 0.6 is 0 Å². The Morgan fingerprint density at radius 3 is 1.33 bits per heavy atom. The van der Waals surface area contributed by atoms with Crippen molar-refractivity contribution in [2.45, 2.75) is 37.8 Å². The molecule has 8 nitrogen and oxygen atoms in total. The summed E-state index contributed by atoms with van der Waals surface area (Å²) in [6.07, 6.45) is 3.63. The second-order valence-electron chi connectivity index (χ2n) is 6.65. The van der Waals surface area contributed by atoms with E-state index in [1.165, 1.54) is 0 Å². The molecule has 3 rings (SSSR count). The first kappa shape index (κ1) is 17.3. The van der Waals surface area contributed by atoms with Crippen molar-refractivity contribution in [2.75, 3.05) is 52.6 Å². The molecule has 0 radical (unpaired) electrons. The zero-order chi connectivity index (χ0) is 16.8. The van der Waals surface area contributed by atoms with Crippen molar-refractivity contribution in [1.29, 1.82) is 0 Å². The number of urea groups is 2. The highest BCUT2D eigenvalue weighted by atomic mass is 16.5. The van der Waals surface area contributed by atoms with Crippen molar-refractivity contribution in [1.82, 2.24) is 20.4 Å². The third-order valence-electron chi connectivity index (χ3n) is 4.98. The molecule has 1 aliphatic carbocycles. The molecule has 0 unspecified atom stereocenters. The van der Waals surface area contributed by atoms with Crippen LogP contribution in [0.5, 0.6) is 0 Å². The molecule has 0 aromatic carbocycles. The topological polar surface area (TPSA) is 83.1 Å². The Morgan fingerprint density at radius 1 is 0.667 bits per heavy atom. The van der Waals surface area contributed by atoms with Gasteiger partial charge in [-0.05, 0) is 25.7 Å². The van der Waals surface area contributed by atoms with E-state index >= 15 is 0 Å². The molecule has 0 bridgehead atoms. The molecule has 1 saturated carbocycles. The van der Waals surface area contributed by atoms with Crippen LogP contribution in [-0.2, 0) is 9.47 Å². The van der Waals surface area contributed by atoms with Crippen molar-refractivity contribution in [3.63, 3.8) is 0 Å². The molecule has 136 valence electrons. The maximum absolute atomic E-state index is 12.2. The summed E-state index contributed by atoms with van der Waals surface area (Å²) in [5, 5.41) is 6.24. The highest BCUT2D eigenvalue weighted by molar-refractivity contribution is 5.75. The van der Waals surface area contributed by atoms with E-state index in [0.717, 1.165) is 25.7 Å². The van der Waals surface area contributed by atoms with E-state index in [0.29, 0.717) is 52.6 Å². The maximum Gasteiger partial charge on any atom is 0.317 e. The second kappa shape index (κ2) is 8.53. The molecule has 24 heavy (non-hydrogen) atoms. The first-order valence-corrected chi connectivity index (χ1v) is 8.99. The summed E-state index contributed by atoms with van der Waals surface area (Å²) in [7, 11) is 0. The van der Waals surface area contributed by atoms with E-state index in [-0.39, 0.29) is 24.1 Å². The Morgan fingerprint density at radius 2 is 1.00 bits per heavy atom. The fraction of sp³-hybridized carbons (Fsp3) is 0.875. The molecule has 2 N–H and O–H groups in total. The van der Waals surface area contributed by atoms with Gasteiger partial charge in [0.15, 0.2) is 0 Å². The molecule has 3 fully saturated rings. The number of hydrogen-bond donors (Lipinski definition) is 2. The number of amides is 4. The Kier molecular flexibility index (Phi) is 6.14. The Hall–Kier alpha value is -1.54. The minimum Gasteiger partial charge on any atom is -0.378 e. The molecule has 4 amide bonds. The molecule has 2 saturated heterocycles. The molecular weight excluding hydrogens is 312 g/mol. The Balaban J connectivity index is 1.36. The summed E-state index contributed by atoms with van der Waals surface area (Å²) in [6.45, 7) is 5.13. The van der Waals surface area contributed by atoms with E-state index < -0.39 is 0 Å². The Bertz CT molecular complexity index is 388. The van der Waals surface area contributed by atoms with Gasteiger partial charge in [-0.25, -0.2) is 9.59 Å². The molecule has 3 aliphatic rings. The summed E-state index contributed by atoms with van der Waals surface area (Å²) >= 11 is 0. The van der Waals surface area contributed by atoms with Gasteiger partial charge >= 0.3 is 12.1 Å². The zero-order valence-electron chi connectivity index (χ0n) is 14.2. The number of carbonyl (C=O) groups is 2. The predicted molar refractivity (Wildman–Crippen MR) is 87.9 cm³/mol. The third kappa shape index (κ3) is 4.73. The van der Waals surface area contributed by atoms with Crippen molar-refractivity contribution in [3.8, 4) is 0 Å². The summed E-state index contributed by atoms with van der Waals surface area (Å²) in [5.41, 5.74) is 0. The number of nitrogens with one attached hydrogen (secondary N) is 2. The fourth-order valence-corrected chi connectivity index (χ4v) is 3.45. The highest BCUT2D eigenvalue weighted by Gasteiger charge is 2.27. The van der Waals surface area contributed by atoms with E-state index in [9.17, 15) is 9.59 Å². The number of morpholine rings is 2. The van der Waals surface area contributed by atoms with Gasteiger partial charge in [0.05, 0.1) is 26.4 Å². The lowest BCUT2D eigenvalue weighted by Crippen LogP contribution is -2.52. The van der Waals surface area contributed by atoms with Gasteiger partial charge in [-0.3, -0.25) is 0 Å². The van der Waals surface area contributed by atoms with Crippen LogP contribution in [-0.4, -0.2) is 86.6 Å². The zero-order valence-corrected chi connectivity index (χ0v) is 14.2. The van der Waals surface area contributed by atoms with Crippen LogP contribution < -0.4 is 10.6 Å². The average molecular weight is 340 g/mol. The first-order chi connectivity index (χ1) is 11.7. The van der Waals surface area contributed by atoms with Crippen molar-refractivity contribution >= 4 is 12.1 Å². The summed E-state index contributed by atoms with van der Waals surface area (Å²) in [5.74, 6) is 0. The number of carbonyl (C=O) groups excluding carboxylic acids is 2. The molecular formula is C16H28N4O4. The predicted octanol–water partition coefficient (Wildman–Crippen LogP) is 0.381. The largest absolute Gasteiger partial charge is 0.378 e. The lowest BCUT2D eigenvalue weighted by Gasteiger charge is -2.34. The van der Waals surface area contributed by atoms with Crippen molar-refractivity contribution < 1.29 is 19.1 Å². The summed E-state index contributed by atoms with van der Waals surface area (Å²) < 4.78 is 10.5.